The second kappa shape index (κ2) is 7.03. The van der Waals surface area contributed by atoms with Gasteiger partial charge in [-0.3, -0.25) is 4.79 Å². The Morgan fingerprint density at radius 3 is 2.39 bits per heavy atom. The van der Waals surface area contributed by atoms with E-state index in [4.69, 9.17) is 9.47 Å². The number of benzene rings is 1. The second-order valence-corrected chi connectivity index (χ2v) is 7.20. The molecule has 2 saturated heterocycles. The van der Waals surface area contributed by atoms with Crippen molar-refractivity contribution in [2.75, 3.05) is 45.3 Å². The lowest BCUT2D eigenvalue weighted by Gasteiger charge is -2.43. The summed E-state index contributed by atoms with van der Waals surface area (Å²) in [5.74, 6) is -1.02. The van der Waals surface area contributed by atoms with Gasteiger partial charge in [0.2, 0.25) is 5.91 Å². The molecule has 2 aromatic rings. The van der Waals surface area contributed by atoms with Crippen molar-refractivity contribution >= 4 is 22.6 Å². The summed E-state index contributed by atoms with van der Waals surface area (Å²) in [6, 6.07) is 3.61. The van der Waals surface area contributed by atoms with E-state index in [0.717, 1.165) is 16.7 Å². The number of methoxy groups -OCH3 is 2. The Morgan fingerprint density at radius 1 is 1.11 bits per heavy atom. The number of hydrogen-bond donors (Lipinski definition) is 0. The van der Waals surface area contributed by atoms with Gasteiger partial charge in [0, 0.05) is 50.5 Å². The number of nitrogens with zero attached hydrogens (tertiary/aromatic N) is 4. The van der Waals surface area contributed by atoms with Gasteiger partial charge in [-0.15, -0.1) is 0 Å². The highest BCUT2D eigenvalue weighted by Crippen LogP contribution is 2.37. The van der Waals surface area contributed by atoms with Gasteiger partial charge in [0.1, 0.15) is 12.1 Å². The zero-order valence-electron chi connectivity index (χ0n) is 15.8. The van der Waals surface area contributed by atoms with E-state index in [0.29, 0.717) is 24.6 Å². The Hall–Kier alpha value is -2.71. The molecule has 3 heterocycles. The largest absolute Gasteiger partial charge is 0.493 e. The van der Waals surface area contributed by atoms with E-state index in [1.54, 1.807) is 25.2 Å². The van der Waals surface area contributed by atoms with Crippen molar-refractivity contribution in [3.8, 4) is 11.5 Å². The molecule has 150 valence electrons. The molecule has 2 aliphatic heterocycles. The van der Waals surface area contributed by atoms with Crippen molar-refractivity contribution in [2.45, 2.75) is 18.8 Å². The van der Waals surface area contributed by atoms with Crippen LogP contribution < -0.4 is 14.4 Å². The molecule has 0 spiro atoms. The van der Waals surface area contributed by atoms with Crippen LogP contribution in [0.3, 0.4) is 0 Å². The highest BCUT2D eigenvalue weighted by atomic mass is 19.3. The molecule has 9 heteroatoms. The van der Waals surface area contributed by atoms with Crippen LogP contribution in [0.5, 0.6) is 11.5 Å². The maximum atomic E-state index is 13.3. The molecule has 0 aliphatic carbocycles. The van der Waals surface area contributed by atoms with Gasteiger partial charge < -0.3 is 19.3 Å². The topological polar surface area (TPSA) is 67.8 Å². The normalized spacial score (nSPS) is 19.4. The van der Waals surface area contributed by atoms with Crippen molar-refractivity contribution in [3.05, 3.63) is 18.5 Å². The lowest BCUT2D eigenvalue weighted by atomic mass is 9.96. The van der Waals surface area contributed by atoms with Crippen LogP contribution in [0.1, 0.15) is 12.8 Å². The van der Waals surface area contributed by atoms with Gasteiger partial charge in [0.05, 0.1) is 25.7 Å². The van der Waals surface area contributed by atoms with E-state index in [1.165, 1.54) is 6.33 Å². The number of carbonyl (C=O) groups excluding carboxylic acids is 1. The number of anilines is 1. The van der Waals surface area contributed by atoms with Crippen molar-refractivity contribution < 1.29 is 23.0 Å². The number of piperidine rings is 1. The first-order valence-electron chi connectivity index (χ1n) is 9.20. The van der Waals surface area contributed by atoms with E-state index >= 15 is 0 Å². The summed E-state index contributed by atoms with van der Waals surface area (Å²) in [6.45, 7) is 1.25. The van der Waals surface area contributed by atoms with Crippen LogP contribution in [0.15, 0.2) is 18.5 Å². The number of likely N-dealkylation sites (tertiary alicyclic amines) is 1. The van der Waals surface area contributed by atoms with Crippen LogP contribution in [0.25, 0.3) is 10.9 Å². The average Bonchev–Trinajstić information content (AvgIpc) is 2.65. The zero-order chi connectivity index (χ0) is 19.9. The number of amides is 1. The predicted molar refractivity (Wildman–Crippen MR) is 99.1 cm³/mol. The minimum Gasteiger partial charge on any atom is -0.493 e. The van der Waals surface area contributed by atoms with Crippen LogP contribution in [0.2, 0.25) is 0 Å². The molecule has 2 aliphatic rings. The lowest BCUT2D eigenvalue weighted by Crippen LogP contribution is -2.56. The molecule has 28 heavy (non-hydrogen) atoms. The third-order valence-corrected chi connectivity index (χ3v) is 5.46. The van der Waals surface area contributed by atoms with Gasteiger partial charge in [0.25, 0.3) is 5.92 Å². The smallest absolute Gasteiger partial charge is 0.251 e. The summed E-state index contributed by atoms with van der Waals surface area (Å²) < 4.78 is 37.3. The minimum atomic E-state index is -2.65. The second-order valence-electron chi connectivity index (χ2n) is 7.20. The quantitative estimate of drug-likeness (QED) is 0.796. The molecule has 1 aromatic carbocycles. The molecule has 0 unspecified atom stereocenters. The molecule has 1 aromatic heterocycles. The van der Waals surface area contributed by atoms with Crippen LogP contribution >= 0.6 is 0 Å². The summed E-state index contributed by atoms with van der Waals surface area (Å²) in [7, 11) is 3.13. The maximum Gasteiger partial charge on any atom is 0.251 e. The number of carbonyl (C=O) groups is 1. The molecule has 0 atom stereocenters. The molecule has 0 saturated carbocycles. The van der Waals surface area contributed by atoms with Crippen molar-refractivity contribution in [1.29, 1.82) is 0 Å². The molecule has 4 rings (SSSR count). The van der Waals surface area contributed by atoms with Crippen LogP contribution in [0.4, 0.5) is 14.6 Å². The van der Waals surface area contributed by atoms with Crippen molar-refractivity contribution in [1.82, 2.24) is 14.9 Å². The summed E-state index contributed by atoms with van der Waals surface area (Å²) >= 11 is 0. The van der Waals surface area contributed by atoms with Gasteiger partial charge in [-0.05, 0) is 6.07 Å². The SMILES string of the molecule is COc1cc2ncnc(N3CC(C(=O)N4CCC(F)(F)CC4)C3)c2cc1OC. The van der Waals surface area contributed by atoms with E-state index in [2.05, 4.69) is 9.97 Å². The Balaban J connectivity index is 1.48. The number of halogens is 2. The number of ether oxygens (including phenoxy) is 2. The zero-order valence-corrected chi connectivity index (χ0v) is 15.8. The monoisotopic (exact) mass is 392 g/mol. The van der Waals surface area contributed by atoms with Crippen LogP contribution in [-0.4, -0.2) is 67.1 Å². The summed E-state index contributed by atoms with van der Waals surface area (Å²) in [4.78, 5) is 24.8. The molecule has 0 bridgehead atoms. The number of alkyl halides is 2. The molecule has 0 radical (unpaired) electrons. The summed E-state index contributed by atoms with van der Waals surface area (Å²) in [6.07, 6.45) is 0.964. The Labute approximate surface area is 161 Å². The number of aromatic nitrogens is 2. The lowest BCUT2D eigenvalue weighted by molar-refractivity contribution is -0.142. The Bertz CT molecular complexity index is 892. The molecule has 7 nitrogen and oxygen atoms in total. The standard InChI is InChI=1S/C19H22F2N4O3/c1-27-15-7-13-14(8-16(15)28-2)22-11-23-17(13)25-9-12(10-25)18(26)24-5-3-19(20,21)4-6-24/h7-8,11-12H,3-6,9-10H2,1-2H3. The molecular weight excluding hydrogens is 370 g/mol. The highest BCUT2D eigenvalue weighted by Gasteiger charge is 2.41. The number of hydrogen-bond acceptors (Lipinski definition) is 6. The molecular formula is C19H22F2N4O3. The first-order chi connectivity index (χ1) is 13.4. The van der Waals surface area contributed by atoms with Gasteiger partial charge in [-0.1, -0.05) is 0 Å². The molecule has 1 amide bonds. The third-order valence-electron chi connectivity index (χ3n) is 5.46. The van der Waals surface area contributed by atoms with E-state index < -0.39 is 5.92 Å². The van der Waals surface area contributed by atoms with Gasteiger partial charge in [0.15, 0.2) is 11.5 Å². The third kappa shape index (κ3) is 3.29. The van der Waals surface area contributed by atoms with Gasteiger partial charge >= 0.3 is 0 Å². The fourth-order valence-corrected chi connectivity index (χ4v) is 3.74. The summed E-state index contributed by atoms with van der Waals surface area (Å²) in [5, 5.41) is 0.809. The van der Waals surface area contributed by atoms with Crippen molar-refractivity contribution in [2.24, 2.45) is 5.92 Å². The first-order valence-corrected chi connectivity index (χ1v) is 9.20. The Morgan fingerprint density at radius 2 is 1.75 bits per heavy atom. The predicted octanol–water partition coefficient (Wildman–Crippen LogP) is 2.34. The van der Waals surface area contributed by atoms with E-state index in [-0.39, 0.29) is 37.8 Å². The highest BCUT2D eigenvalue weighted by molar-refractivity contribution is 5.93. The van der Waals surface area contributed by atoms with Crippen LogP contribution in [0, 0.1) is 5.92 Å². The Kier molecular flexibility index (Phi) is 4.68. The molecule has 2 fully saturated rings. The van der Waals surface area contributed by atoms with Crippen LogP contribution in [-0.2, 0) is 4.79 Å². The van der Waals surface area contributed by atoms with Gasteiger partial charge in [-0.25, -0.2) is 18.7 Å². The number of fused-ring (bicyclic) bond motifs is 1. The number of rotatable bonds is 4. The van der Waals surface area contributed by atoms with Crippen molar-refractivity contribution in [3.63, 3.8) is 0 Å². The fourth-order valence-electron chi connectivity index (χ4n) is 3.74. The van der Waals surface area contributed by atoms with E-state index in [9.17, 15) is 13.6 Å². The minimum absolute atomic E-state index is 0.0515. The summed E-state index contributed by atoms with van der Waals surface area (Å²) in [5.41, 5.74) is 0.718. The van der Waals surface area contributed by atoms with E-state index in [1.807, 2.05) is 11.0 Å². The molecule has 0 N–H and O–H groups in total. The average molecular weight is 392 g/mol. The maximum absolute atomic E-state index is 13.3. The van der Waals surface area contributed by atoms with Gasteiger partial charge in [-0.2, -0.15) is 0 Å². The first kappa shape index (κ1) is 18.6. The fraction of sp³-hybridized carbons (Fsp3) is 0.526.